The molecular formula is C22H28N6O2. The van der Waals surface area contributed by atoms with Crippen molar-refractivity contribution >= 4 is 5.82 Å². The van der Waals surface area contributed by atoms with Gasteiger partial charge in [0.25, 0.3) is 5.56 Å². The van der Waals surface area contributed by atoms with Crippen LogP contribution in [-0.2, 0) is 24.3 Å². The van der Waals surface area contributed by atoms with Crippen molar-refractivity contribution < 1.29 is 4.74 Å². The van der Waals surface area contributed by atoms with Gasteiger partial charge in [0.2, 0.25) is 0 Å². The van der Waals surface area contributed by atoms with Crippen LogP contribution >= 0.6 is 0 Å². The molecule has 0 bridgehead atoms. The molecule has 2 aliphatic heterocycles. The molecule has 0 aliphatic carbocycles. The summed E-state index contributed by atoms with van der Waals surface area (Å²) in [5.74, 6) is 0.667. The van der Waals surface area contributed by atoms with Crippen molar-refractivity contribution in [2.45, 2.75) is 51.8 Å². The molecule has 0 aromatic carbocycles. The number of piperidine rings is 1. The van der Waals surface area contributed by atoms with Crippen LogP contribution in [0.2, 0.25) is 0 Å². The normalized spacial score (nSPS) is 19.1. The standard InChI is InChI=1S/C22H28N6O2/c1-16-5-6-21(29)28(26-16)10-9-27-8-3-2-4-19(27)14-24-22-17(13-23)12-18-15-30-11-7-20(18)25-22/h5-6,12,19H,2-4,7-11,14-15H2,1H3,(H,24,25). The highest BCUT2D eigenvalue weighted by Gasteiger charge is 2.23. The average Bonchev–Trinajstić information content (AvgIpc) is 2.78. The van der Waals surface area contributed by atoms with Gasteiger partial charge in [0, 0.05) is 37.2 Å². The van der Waals surface area contributed by atoms with E-state index in [1.54, 1.807) is 16.8 Å². The third-order valence-electron chi connectivity index (χ3n) is 5.91. The Hall–Kier alpha value is -2.76. The SMILES string of the molecule is Cc1ccc(=O)n(CCN2CCCCC2CNc2nc3c(cc2C#N)COCC3)n1. The first-order valence-corrected chi connectivity index (χ1v) is 10.7. The number of fused-ring (bicyclic) bond motifs is 1. The van der Waals surface area contributed by atoms with E-state index in [-0.39, 0.29) is 5.56 Å². The monoisotopic (exact) mass is 408 g/mol. The number of nitrogens with one attached hydrogen (secondary N) is 1. The predicted molar refractivity (Wildman–Crippen MR) is 113 cm³/mol. The summed E-state index contributed by atoms with van der Waals surface area (Å²) < 4.78 is 7.03. The Morgan fingerprint density at radius 3 is 3.10 bits per heavy atom. The van der Waals surface area contributed by atoms with Crippen molar-refractivity contribution in [2.24, 2.45) is 0 Å². The number of aromatic nitrogens is 3. The highest BCUT2D eigenvalue weighted by molar-refractivity contribution is 5.54. The van der Waals surface area contributed by atoms with E-state index in [1.165, 1.54) is 6.42 Å². The van der Waals surface area contributed by atoms with Gasteiger partial charge in [-0.3, -0.25) is 9.69 Å². The topological polar surface area (TPSA) is 96.1 Å². The molecule has 2 aromatic heterocycles. The molecule has 8 nitrogen and oxygen atoms in total. The molecule has 4 rings (SSSR count). The molecule has 1 unspecified atom stereocenters. The van der Waals surface area contributed by atoms with E-state index in [2.05, 4.69) is 21.4 Å². The number of hydrogen-bond acceptors (Lipinski definition) is 7. The van der Waals surface area contributed by atoms with Crippen molar-refractivity contribution in [3.8, 4) is 6.07 Å². The van der Waals surface area contributed by atoms with Crippen LogP contribution in [0.1, 0.15) is 41.8 Å². The third kappa shape index (κ3) is 4.69. The second-order valence-electron chi connectivity index (χ2n) is 8.01. The van der Waals surface area contributed by atoms with Crippen molar-refractivity contribution in [3.05, 3.63) is 51.1 Å². The third-order valence-corrected chi connectivity index (χ3v) is 5.91. The summed E-state index contributed by atoms with van der Waals surface area (Å²) in [6.07, 6.45) is 4.21. The molecule has 4 heterocycles. The number of nitriles is 1. The van der Waals surface area contributed by atoms with E-state index in [0.29, 0.717) is 37.2 Å². The maximum Gasteiger partial charge on any atom is 0.266 e. The van der Waals surface area contributed by atoms with E-state index < -0.39 is 0 Å². The lowest BCUT2D eigenvalue weighted by Gasteiger charge is -2.36. The lowest BCUT2D eigenvalue weighted by molar-refractivity contribution is 0.109. The smallest absolute Gasteiger partial charge is 0.266 e. The first-order chi connectivity index (χ1) is 14.6. The van der Waals surface area contributed by atoms with Crippen molar-refractivity contribution in [3.63, 3.8) is 0 Å². The molecule has 1 atom stereocenters. The average molecular weight is 409 g/mol. The largest absolute Gasteiger partial charge is 0.376 e. The van der Waals surface area contributed by atoms with Crippen LogP contribution in [-0.4, -0.2) is 51.9 Å². The van der Waals surface area contributed by atoms with Crippen molar-refractivity contribution in [1.29, 1.82) is 5.26 Å². The van der Waals surface area contributed by atoms with Crippen LogP contribution in [0.3, 0.4) is 0 Å². The molecule has 2 aromatic rings. The zero-order valence-electron chi connectivity index (χ0n) is 17.4. The van der Waals surface area contributed by atoms with Gasteiger partial charge in [-0.25, -0.2) is 9.67 Å². The highest BCUT2D eigenvalue weighted by atomic mass is 16.5. The van der Waals surface area contributed by atoms with Crippen molar-refractivity contribution in [2.75, 3.05) is 31.6 Å². The van der Waals surface area contributed by atoms with Gasteiger partial charge in [-0.1, -0.05) is 6.42 Å². The Bertz CT molecular complexity index is 996. The van der Waals surface area contributed by atoms with Gasteiger partial charge in [0.1, 0.15) is 11.9 Å². The zero-order chi connectivity index (χ0) is 20.9. The number of rotatable bonds is 6. The summed E-state index contributed by atoms with van der Waals surface area (Å²) >= 11 is 0. The Balaban J connectivity index is 1.42. The number of nitrogens with zero attached hydrogens (tertiary/aromatic N) is 5. The minimum Gasteiger partial charge on any atom is -0.376 e. The maximum absolute atomic E-state index is 12.0. The second kappa shape index (κ2) is 9.37. The predicted octanol–water partition coefficient (Wildman–Crippen LogP) is 1.86. The molecule has 0 saturated carbocycles. The highest BCUT2D eigenvalue weighted by Crippen LogP contribution is 2.23. The van der Waals surface area contributed by atoms with Gasteiger partial charge in [0.15, 0.2) is 0 Å². The molecule has 1 saturated heterocycles. The van der Waals surface area contributed by atoms with E-state index in [0.717, 1.165) is 55.8 Å². The van der Waals surface area contributed by atoms with Crippen LogP contribution in [0, 0.1) is 18.3 Å². The molecule has 8 heteroatoms. The second-order valence-corrected chi connectivity index (χ2v) is 8.01. The molecule has 0 amide bonds. The quantitative estimate of drug-likeness (QED) is 0.779. The van der Waals surface area contributed by atoms with E-state index >= 15 is 0 Å². The van der Waals surface area contributed by atoms with Crippen LogP contribution < -0.4 is 10.9 Å². The van der Waals surface area contributed by atoms with Crippen LogP contribution in [0.5, 0.6) is 0 Å². The molecular weight excluding hydrogens is 380 g/mol. The molecule has 0 spiro atoms. The Morgan fingerprint density at radius 2 is 2.23 bits per heavy atom. The van der Waals surface area contributed by atoms with Crippen LogP contribution in [0.15, 0.2) is 23.0 Å². The fourth-order valence-electron chi connectivity index (χ4n) is 4.24. The van der Waals surface area contributed by atoms with E-state index in [1.807, 2.05) is 13.0 Å². The summed E-state index contributed by atoms with van der Waals surface area (Å²) in [5, 5.41) is 17.3. The maximum atomic E-state index is 12.0. The Morgan fingerprint density at radius 1 is 1.33 bits per heavy atom. The zero-order valence-corrected chi connectivity index (χ0v) is 17.4. The molecule has 1 N–H and O–H groups in total. The fraction of sp³-hybridized carbons (Fsp3) is 0.545. The molecule has 30 heavy (non-hydrogen) atoms. The minimum absolute atomic E-state index is 0.0619. The molecule has 1 fully saturated rings. The Kier molecular flexibility index (Phi) is 6.41. The number of ether oxygens (including phenoxy) is 1. The van der Waals surface area contributed by atoms with Gasteiger partial charge < -0.3 is 10.1 Å². The number of hydrogen-bond donors (Lipinski definition) is 1. The lowest BCUT2D eigenvalue weighted by atomic mass is 10.0. The number of anilines is 1. The van der Waals surface area contributed by atoms with E-state index in [9.17, 15) is 10.1 Å². The van der Waals surface area contributed by atoms with Crippen molar-refractivity contribution in [1.82, 2.24) is 19.7 Å². The minimum atomic E-state index is -0.0619. The summed E-state index contributed by atoms with van der Waals surface area (Å²) in [4.78, 5) is 19.2. The molecule has 0 radical (unpaired) electrons. The summed E-state index contributed by atoms with van der Waals surface area (Å²) in [5.41, 5.74) is 3.39. The van der Waals surface area contributed by atoms with Crippen LogP contribution in [0.4, 0.5) is 5.82 Å². The summed E-state index contributed by atoms with van der Waals surface area (Å²) in [7, 11) is 0. The molecule has 2 aliphatic rings. The van der Waals surface area contributed by atoms with Gasteiger partial charge in [-0.15, -0.1) is 0 Å². The summed E-state index contributed by atoms with van der Waals surface area (Å²) in [6, 6.07) is 7.83. The first kappa shape index (κ1) is 20.5. The lowest BCUT2D eigenvalue weighted by Crippen LogP contribution is -2.45. The van der Waals surface area contributed by atoms with Gasteiger partial charge in [-0.2, -0.15) is 10.4 Å². The number of likely N-dealkylation sites (tertiary alicyclic amines) is 1. The van der Waals surface area contributed by atoms with Gasteiger partial charge >= 0.3 is 0 Å². The fourth-order valence-corrected chi connectivity index (χ4v) is 4.24. The van der Waals surface area contributed by atoms with Crippen LogP contribution in [0.25, 0.3) is 0 Å². The van der Waals surface area contributed by atoms with Gasteiger partial charge in [-0.05, 0) is 38.4 Å². The number of pyridine rings is 1. The first-order valence-electron chi connectivity index (χ1n) is 10.7. The molecule has 158 valence electrons. The Labute approximate surface area is 176 Å². The number of aryl methyl sites for hydroxylation is 1. The van der Waals surface area contributed by atoms with E-state index in [4.69, 9.17) is 9.72 Å². The summed E-state index contributed by atoms with van der Waals surface area (Å²) in [6.45, 7) is 6.20. The van der Waals surface area contributed by atoms with Gasteiger partial charge in [0.05, 0.1) is 36.7 Å².